The van der Waals surface area contributed by atoms with Gasteiger partial charge in [-0.05, 0) is 61.4 Å². The number of rotatable bonds is 9. The van der Waals surface area contributed by atoms with Crippen LogP contribution in [-0.4, -0.2) is 29.2 Å². The van der Waals surface area contributed by atoms with Crippen LogP contribution in [0.5, 0.6) is 11.6 Å². The highest BCUT2D eigenvalue weighted by Gasteiger charge is 2.22. The highest BCUT2D eigenvalue weighted by molar-refractivity contribution is 6.09. The maximum absolute atomic E-state index is 12.1. The molecular weight excluding hydrogens is 454 g/mol. The van der Waals surface area contributed by atoms with E-state index >= 15 is 0 Å². The normalized spacial score (nSPS) is 12.4. The van der Waals surface area contributed by atoms with Crippen molar-refractivity contribution in [2.45, 2.75) is 26.4 Å². The molecule has 1 atom stereocenters. The van der Waals surface area contributed by atoms with Crippen LogP contribution in [0.2, 0.25) is 0 Å². The predicted molar refractivity (Wildman–Crippen MR) is 143 cm³/mol. The minimum absolute atomic E-state index is 0.369. The summed E-state index contributed by atoms with van der Waals surface area (Å²) in [5.41, 5.74) is 17.6. The number of nitrogens with one attached hydrogen (secondary N) is 2. The standard InChI is InChI=1S/C28H29N5O3/c1-16(23-5-4-6-25(32-23)36-15-18-7-9-19(35-3)10-8-18)13-20-26-21(14-29)22(30)11-12-24(26)33-27(20)17(2)28(31)34/h4-14,17,29,33H,15,30H2,1-3H3,(H2,31,34)/b16-13+,29-14?. The van der Waals surface area contributed by atoms with E-state index in [9.17, 15) is 4.79 Å². The van der Waals surface area contributed by atoms with Crippen LogP contribution in [0, 0.1) is 5.41 Å². The zero-order chi connectivity index (χ0) is 25.8. The van der Waals surface area contributed by atoms with E-state index in [1.54, 1.807) is 26.2 Å². The van der Waals surface area contributed by atoms with Gasteiger partial charge in [0.15, 0.2) is 0 Å². The maximum Gasteiger partial charge on any atom is 0.226 e. The zero-order valence-electron chi connectivity index (χ0n) is 20.5. The van der Waals surface area contributed by atoms with Crippen molar-refractivity contribution in [1.29, 1.82) is 5.41 Å². The van der Waals surface area contributed by atoms with E-state index in [0.29, 0.717) is 29.4 Å². The van der Waals surface area contributed by atoms with Gasteiger partial charge in [-0.15, -0.1) is 0 Å². The number of benzene rings is 2. The summed E-state index contributed by atoms with van der Waals surface area (Å²) in [5, 5.41) is 8.68. The predicted octanol–water partition coefficient (Wildman–Crippen LogP) is 4.88. The maximum atomic E-state index is 12.1. The van der Waals surface area contributed by atoms with Crippen molar-refractivity contribution in [2.75, 3.05) is 12.8 Å². The Morgan fingerprint density at radius 2 is 1.89 bits per heavy atom. The van der Waals surface area contributed by atoms with Crippen LogP contribution < -0.4 is 20.9 Å². The highest BCUT2D eigenvalue weighted by Crippen LogP contribution is 2.35. The van der Waals surface area contributed by atoms with Crippen LogP contribution in [0.3, 0.4) is 0 Å². The van der Waals surface area contributed by atoms with Crippen LogP contribution in [-0.2, 0) is 11.4 Å². The van der Waals surface area contributed by atoms with Crippen molar-refractivity contribution in [2.24, 2.45) is 5.73 Å². The van der Waals surface area contributed by atoms with E-state index in [2.05, 4.69) is 9.97 Å². The van der Waals surface area contributed by atoms with Crippen molar-refractivity contribution in [3.05, 3.63) is 82.7 Å². The molecule has 0 saturated carbocycles. The Hall–Kier alpha value is -4.59. The lowest BCUT2D eigenvalue weighted by Gasteiger charge is -2.10. The summed E-state index contributed by atoms with van der Waals surface area (Å²) < 4.78 is 11.1. The number of carbonyl (C=O) groups excluding carboxylic acids is 1. The van der Waals surface area contributed by atoms with Gasteiger partial charge >= 0.3 is 0 Å². The van der Waals surface area contributed by atoms with Gasteiger partial charge in [0, 0.05) is 45.7 Å². The van der Waals surface area contributed by atoms with E-state index in [0.717, 1.165) is 39.0 Å². The van der Waals surface area contributed by atoms with E-state index in [-0.39, 0.29) is 0 Å². The lowest BCUT2D eigenvalue weighted by Crippen LogP contribution is -2.19. The molecule has 4 aromatic rings. The average molecular weight is 484 g/mol. The molecule has 8 heteroatoms. The van der Waals surface area contributed by atoms with Crippen LogP contribution in [0.4, 0.5) is 5.69 Å². The number of methoxy groups -OCH3 is 1. The van der Waals surface area contributed by atoms with Crippen molar-refractivity contribution in [3.8, 4) is 11.6 Å². The Kier molecular flexibility index (Phi) is 7.05. The number of nitrogens with two attached hydrogens (primary N) is 2. The minimum Gasteiger partial charge on any atom is -0.497 e. The molecule has 0 aliphatic heterocycles. The molecule has 0 spiro atoms. The van der Waals surface area contributed by atoms with Gasteiger partial charge in [0.25, 0.3) is 0 Å². The van der Waals surface area contributed by atoms with E-state index < -0.39 is 11.8 Å². The van der Waals surface area contributed by atoms with Gasteiger partial charge in [-0.25, -0.2) is 4.98 Å². The topological polar surface area (TPSA) is 140 Å². The molecule has 0 bridgehead atoms. The van der Waals surface area contributed by atoms with Crippen LogP contribution in [0.15, 0.2) is 54.6 Å². The summed E-state index contributed by atoms with van der Waals surface area (Å²) in [6.07, 6.45) is 3.17. The molecule has 8 nitrogen and oxygen atoms in total. The van der Waals surface area contributed by atoms with Crippen LogP contribution in [0.25, 0.3) is 22.6 Å². The number of fused-ring (bicyclic) bond motifs is 1. The molecule has 0 radical (unpaired) electrons. The second-order valence-electron chi connectivity index (χ2n) is 8.54. The molecule has 6 N–H and O–H groups in total. The number of amides is 1. The second kappa shape index (κ2) is 10.4. The number of nitrogen functional groups attached to an aromatic ring is 1. The number of anilines is 1. The smallest absolute Gasteiger partial charge is 0.226 e. The first kappa shape index (κ1) is 24.5. The number of pyridine rings is 1. The quantitative estimate of drug-likeness (QED) is 0.198. The van der Waals surface area contributed by atoms with Gasteiger partial charge in [0.05, 0.1) is 18.7 Å². The monoisotopic (exact) mass is 483 g/mol. The Balaban J connectivity index is 1.70. The lowest BCUT2D eigenvalue weighted by molar-refractivity contribution is -0.119. The number of allylic oxidation sites excluding steroid dienone is 1. The molecule has 0 saturated heterocycles. The van der Waals surface area contributed by atoms with Gasteiger partial charge < -0.3 is 31.3 Å². The molecule has 1 unspecified atom stereocenters. The molecular formula is C28H29N5O3. The second-order valence-corrected chi connectivity index (χ2v) is 8.54. The molecule has 0 aliphatic carbocycles. The van der Waals surface area contributed by atoms with Gasteiger partial charge in [-0.2, -0.15) is 0 Å². The summed E-state index contributed by atoms with van der Waals surface area (Å²) in [5.74, 6) is 0.258. The van der Waals surface area contributed by atoms with Gasteiger partial charge in [0.1, 0.15) is 12.4 Å². The summed E-state index contributed by atoms with van der Waals surface area (Å²) in [7, 11) is 1.63. The molecule has 184 valence electrons. The number of hydrogen-bond donors (Lipinski definition) is 4. The summed E-state index contributed by atoms with van der Waals surface area (Å²) in [6.45, 7) is 4.05. The first-order valence-corrected chi connectivity index (χ1v) is 11.5. The minimum atomic E-state index is -0.566. The van der Waals surface area contributed by atoms with Crippen molar-refractivity contribution in [1.82, 2.24) is 9.97 Å². The summed E-state index contributed by atoms with van der Waals surface area (Å²) >= 11 is 0. The van der Waals surface area contributed by atoms with E-state index in [1.165, 1.54) is 6.21 Å². The highest BCUT2D eigenvalue weighted by atomic mass is 16.5. The average Bonchev–Trinajstić information content (AvgIpc) is 3.25. The van der Waals surface area contributed by atoms with Crippen molar-refractivity contribution >= 4 is 40.4 Å². The third kappa shape index (κ3) is 4.93. The fourth-order valence-electron chi connectivity index (χ4n) is 4.05. The third-order valence-electron chi connectivity index (χ3n) is 6.15. The first-order chi connectivity index (χ1) is 17.3. The van der Waals surface area contributed by atoms with Crippen molar-refractivity contribution < 1.29 is 14.3 Å². The Labute approximate surface area is 209 Å². The molecule has 2 heterocycles. The number of primary amides is 1. The zero-order valence-corrected chi connectivity index (χ0v) is 20.5. The molecule has 1 amide bonds. The van der Waals surface area contributed by atoms with Gasteiger partial charge in [-0.3, -0.25) is 4.79 Å². The SMILES string of the molecule is COc1ccc(COc2cccc(/C(C)=C/c3c(C(C)C(N)=O)[nH]c4ccc(N)c(C=N)c34)n2)cc1. The largest absolute Gasteiger partial charge is 0.497 e. The number of nitrogens with zero attached hydrogens (tertiary/aromatic N) is 1. The van der Waals surface area contributed by atoms with Crippen LogP contribution in [0.1, 0.15) is 47.8 Å². The Bertz CT molecular complexity index is 1450. The lowest BCUT2D eigenvalue weighted by atomic mass is 9.96. The summed E-state index contributed by atoms with van der Waals surface area (Å²) in [6, 6.07) is 16.8. The van der Waals surface area contributed by atoms with Crippen molar-refractivity contribution in [3.63, 3.8) is 0 Å². The Morgan fingerprint density at radius 1 is 1.14 bits per heavy atom. The number of aromatic nitrogens is 2. The molecule has 0 fully saturated rings. The van der Waals surface area contributed by atoms with E-state index in [1.807, 2.05) is 55.5 Å². The Morgan fingerprint density at radius 3 is 2.56 bits per heavy atom. The summed E-state index contributed by atoms with van der Waals surface area (Å²) in [4.78, 5) is 20.0. The number of ether oxygens (including phenoxy) is 2. The van der Waals surface area contributed by atoms with E-state index in [4.69, 9.17) is 26.4 Å². The number of H-pyrrole nitrogens is 1. The number of hydrogen-bond acceptors (Lipinski definition) is 6. The third-order valence-corrected chi connectivity index (χ3v) is 6.15. The van der Waals surface area contributed by atoms with Gasteiger partial charge in [0.2, 0.25) is 11.8 Å². The molecule has 0 aliphatic rings. The fourth-order valence-corrected chi connectivity index (χ4v) is 4.05. The fraction of sp³-hybridized carbons (Fsp3) is 0.179. The van der Waals surface area contributed by atoms with Gasteiger partial charge in [-0.1, -0.05) is 18.2 Å². The number of carbonyl (C=O) groups is 1. The van der Waals surface area contributed by atoms with Crippen LogP contribution >= 0.6 is 0 Å². The molecule has 4 rings (SSSR count). The number of aromatic amines is 1. The first-order valence-electron chi connectivity index (χ1n) is 11.5. The molecule has 2 aromatic heterocycles. The molecule has 36 heavy (non-hydrogen) atoms. The molecule has 2 aromatic carbocycles.